The summed E-state index contributed by atoms with van der Waals surface area (Å²) >= 11 is 0. The predicted octanol–water partition coefficient (Wildman–Crippen LogP) is 4.00. The van der Waals surface area contributed by atoms with Gasteiger partial charge >= 0.3 is 5.97 Å². The molecule has 0 aliphatic heterocycles. The molecule has 0 radical (unpaired) electrons. The molecule has 2 aromatic rings. The molecule has 1 heterocycles. The van der Waals surface area contributed by atoms with Gasteiger partial charge in [-0.2, -0.15) is 10.2 Å². The summed E-state index contributed by atoms with van der Waals surface area (Å²) in [5.74, 6) is -0.319. The summed E-state index contributed by atoms with van der Waals surface area (Å²) in [4.78, 5) is 11.3. The van der Waals surface area contributed by atoms with Crippen LogP contribution in [0.15, 0.2) is 30.3 Å². The summed E-state index contributed by atoms with van der Waals surface area (Å²) in [6.45, 7) is 6.15. The molecule has 0 spiro atoms. The fourth-order valence-corrected chi connectivity index (χ4v) is 4.72. The first-order chi connectivity index (χ1) is 11.9. The van der Waals surface area contributed by atoms with Gasteiger partial charge in [0.25, 0.3) is 0 Å². The SMILES string of the molecule is CC(=O)OCC1(C)[C@@H]2CCC1(C)c1nnc(-c3ccccc3F)cc12. The largest absolute Gasteiger partial charge is 0.465 e. The van der Waals surface area contributed by atoms with Crippen molar-refractivity contribution in [3.8, 4) is 11.3 Å². The van der Waals surface area contributed by atoms with Crippen LogP contribution >= 0.6 is 0 Å². The number of hydrogen-bond acceptors (Lipinski definition) is 4. The molecule has 2 bridgehead atoms. The van der Waals surface area contributed by atoms with Gasteiger partial charge in [0.15, 0.2) is 0 Å². The molecule has 1 saturated carbocycles. The average molecular weight is 340 g/mol. The molecule has 3 atom stereocenters. The van der Waals surface area contributed by atoms with Crippen LogP contribution in [0.5, 0.6) is 0 Å². The number of benzene rings is 1. The lowest BCUT2D eigenvalue weighted by Gasteiger charge is -2.37. The van der Waals surface area contributed by atoms with Crippen LogP contribution in [0.3, 0.4) is 0 Å². The zero-order valence-corrected chi connectivity index (χ0v) is 14.7. The van der Waals surface area contributed by atoms with Gasteiger partial charge in [-0.25, -0.2) is 4.39 Å². The number of halogens is 1. The van der Waals surface area contributed by atoms with Crippen LogP contribution in [0.25, 0.3) is 11.3 Å². The van der Waals surface area contributed by atoms with Crippen molar-refractivity contribution < 1.29 is 13.9 Å². The third kappa shape index (κ3) is 2.14. The molecule has 2 aliphatic rings. The molecule has 0 N–H and O–H groups in total. The highest BCUT2D eigenvalue weighted by Crippen LogP contribution is 2.67. The lowest BCUT2D eigenvalue weighted by molar-refractivity contribution is -0.145. The highest BCUT2D eigenvalue weighted by molar-refractivity contribution is 5.66. The maximum absolute atomic E-state index is 14.1. The minimum Gasteiger partial charge on any atom is -0.465 e. The summed E-state index contributed by atoms with van der Waals surface area (Å²) in [6.07, 6.45) is 2.01. The van der Waals surface area contributed by atoms with Crippen molar-refractivity contribution in [3.63, 3.8) is 0 Å². The molecule has 0 saturated heterocycles. The smallest absolute Gasteiger partial charge is 0.302 e. The molecule has 1 aromatic heterocycles. The van der Waals surface area contributed by atoms with Crippen molar-refractivity contribution in [1.29, 1.82) is 0 Å². The normalized spacial score (nSPS) is 29.5. The lowest BCUT2D eigenvalue weighted by atomic mass is 9.69. The highest BCUT2D eigenvalue weighted by Gasteiger charge is 2.63. The third-order valence-corrected chi connectivity index (χ3v) is 6.41. The molecule has 1 fully saturated rings. The van der Waals surface area contributed by atoms with Crippen molar-refractivity contribution in [1.82, 2.24) is 10.2 Å². The van der Waals surface area contributed by atoms with E-state index >= 15 is 0 Å². The first kappa shape index (κ1) is 16.2. The summed E-state index contributed by atoms with van der Waals surface area (Å²) in [6, 6.07) is 8.59. The Hall–Kier alpha value is -2.30. The van der Waals surface area contributed by atoms with Gasteiger partial charge in [0, 0.05) is 23.3 Å². The number of carbonyl (C=O) groups excluding carboxylic acids is 1. The van der Waals surface area contributed by atoms with Crippen LogP contribution < -0.4 is 0 Å². The molecule has 2 aliphatic carbocycles. The Balaban J connectivity index is 1.78. The van der Waals surface area contributed by atoms with Gasteiger partial charge in [-0.3, -0.25) is 4.79 Å². The Labute approximate surface area is 146 Å². The van der Waals surface area contributed by atoms with E-state index in [1.807, 2.05) is 6.07 Å². The highest BCUT2D eigenvalue weighted by atomic mass is 19.1. The maximum atomic E-state index is 14.1. The van der Waals surface area contributed by atoms with Gasteiger partial charge in [0.05, 0.1) is 18.0 Å². The van der Waals surface area contributed by atoms with Gasteiger partial charge in [0.1, 0.15) is 5.82 Å². The topological polar surface area (TPSA) is 52.1 Å². The summed E-state index contributed by atoms with van der Waals surface area (Å²) in [5, 5.41) is 8.80. The number of esters is 1. The molecule has 5 heteroatoms. The standard InChI is InChI=1S/C20H21FN2O2/c1-12(24)25-11-20(3)15-8-9-19(20,2)18-14(15)10-17(22-23-18)13-6-4-5-7-16(13)21/h4-7,10,15H,8-9,11H2,1-3H3/t15-,19?,20?/m1/s1. The van der Waals surface area contributed by atoms with Crippen molar-refractivity contribution in [2.75, 3.05) is 6.61 Å². The number of nitrogens with zero attached hydrogens (tertiary/aromatic N) is 2. The van der Waals surface area contributed by atoms with Crippen molar-refractivity contribution in [3.05, 3.63) is 47.4 Å². The number of carbonyl (C=O) groups is 1. The molecule has 0 amide bonds. The van der Waals surface area contributed by atoms with E-state index in [-0.39, 0.29) is 28.5 Å². The Bertz CT molecular complexity index is 869. The molecule has 1 aromatic carbocycles. The molecule has 130 valence electrons. The molecular formula is C20H21FN2O2. The van der Waals surface area contributed by atoms with Gasteiger partial charge in [0.2, 0.25) is 0 Å². The predicted molar refractivity (Wildman–Crippen MR) is 91.5 cm³/mol. The maximum Gasteiger partial charge on any atom is 0.302 e. The summed E-state index contributed by atoms with van der Waals surface area (Å²) in [5.41, 5.74) is 2.73. The van der Waals surface area contributed by atoms with Gasteiger partial charge in [-0.05, 0) is 42.5 Å². The van der Waals surface area contributed by atoms with Crippen LogP contribution in [-0.2, 0) is 14.9 Å². The van der Waals surface area contributed by atoms with E-state index in [2.05, 4.69) is 24.0 Å². The number of ether oxygens (including phenoxy) is 1. The van der Waals surface area contributed by atoms with Crippen LogP contribution in [0, 0.1) is 11.2 Å². The Morgan fingerprint density at radius 1 is 1.32 bits per heavy atom. The molecule has 4 rings (SSSR count). The molecule has 4 nitrogen and oxygen atoms in total. The van der Waals surface area contributed by atoms with Crippen molar-refractivity contribution in [2.24, 2.45) is 5.41 Å². The van der Waals surface area contributed by atoms with E-state index in [9.17, 15) is 9.18 Å². The molecule has 2 unspecified atom stereocenters. The van der Waals surface area contributed by atoms with E-state index in [0.717, 1.165) is 24.1 Å². The molecule has 25 heavy (non-hydrogen) atoms. The fourth-order valence-electron chi connectivity index (χ4n) is 4.72. The van der Waals surface area contributed by atoms with Crippen LogP contribution in [0.4, 0.5) is 4.39 Å². The van der Waals surface area contributed by atoms with Crippen LogP contribution in [0.1, 0.15) is 50.8 Å². The quantitative estimate of drug-likeness (QED) is 0.793. The van der Waals surface area contributed by atoms with Crippen LogP contribution in [0.2, 0.25) is 0 Å². The summed E-state index contributed by atoms with van der Waals surface area (Å²) < 4.78 is 19.5. The Morgan fingerprint density at radius 3 is 2.80 bits per heavy atom. The van der Waals surface area contributed by atoms with Crippen LogP contribution in [-0.4, -0.2) is 22.8 Å². The minimum atomic E-state index is -0.297. The second-order valence-corrected chi connectivity index (χ2v) is 7.63. The van der Waals surface area contributed by atoms with Crippen molar-refractivity contribution >= 4 is 5.97 Å². The summed E-state index contributed by atoms with van der Waals surface area (Å²) in [7, 11) is 0. The zero-order valence-electron chi connectivity index (χ0n) is 14.7. The zero-order chi connectivity index (χ0) is 17.8. The average Bonchev–Trinajstić information content (AvgIpc) is 2.95. The first-order valence-corrected chi connectivity index (χ1v) is 8.63. The fraction of sp³-hybridized carbons (Fsp3) is 0.450. The van der Waals surface area contributed by atoms with E-state index in [1.54, 1.807) is 18.2 Å². The Morgan fingerprint density at radius 2 is 2.08 bits per heavy atom. The monoisotopic (exact) mass is 340 g/mol. The second kappa shape index (κ2) is 5.35. The number of rotatable bonds is 3. The number of fused-ring (bicyclic) bond motifs is 5. The number of hydrogen-bond donors (Lipinski definition) is 0. The minimum absolute atomic E-state index is 0.177. The Kier molecular flexibility index (Phi) is 3.46. The molecular weight excluding hydrogens is 319 g/mol. The van der Waals surface area contributed by atoms with Gasteiger partial charge in [-0.15, -0.1) is 0 Å². The van der Waals surface area contributed by atoms with E-state index in [4.69, 9.17) is 4.74 Å². The lowest BCUT2D eigenvalue weighted by Crippen LogP contribution is -2.39. The van der Waals surface area contributed by atoms with Gasteiger partial charge < -0.3 is 4.74 Å². The first-order valence-electron chi connectivity index (χ1n) is 8.63. The van der Waals surface area contributed by atoms with E-state index in [0.29, 0.717) is 17.9 Å². The van der Waals surface area contributed by atoms with E-state index in [1.165, 1.54) is 13.0 Å². The third-order valence-electron chi connectivity index (χ3n) is 6.41. The second-order valence-electron chi connectivity index (χ2n) is 7.63. The van der Waals surface area contributed by atoms with E-state index < -0.39 is 0 Å². The van der Waals surface area contributed by atoms with Crippen molar-refractivity contribution in [2.45, 2.75) is 44.9 Å². The van der Waals surface area contributed by atoms with Gasteiger partial charge in [-0.1, -0.05) is 26.0 Å². The number of aromatic nitrogens is 2.